The van der Waals surface area contributed by atoms with E-state index in [9.17, 15) is 19.5 Å². The number of carbonyl (C=O) groups is 3. The summed E-state index contributed by atoms with van der Waals surface area (Å²) >= 11 is 0. The van der Waals surface area contributed by atoms with Crippen LogP contribution < -0.4 is 11.1 Å². The summed E-state index contributed by atoms with van der Waals surface area (Å²) in [5, 5.41) is 11.9. The minimum absolute atomic E-state index is 0.0520. The summed E-state index contributed by atoms with van der Waals surface area (Å²) < 4.78 is 5.89. The molecule has 7 heteroatoms. The van der Waals surface area contributed by atoms with E-state index in [0.717, 1.165) is 70.6 Å². The number of carbonyl (C=O) groups excluding carboxylic acids is 2. The van der Waals surface area contributed by atoms with Gasteiger partial charge in [0, 0.05) is 12.8 Å². The number of carboxylic acids is 1. The molecule has 0 radical (unpaired) electrons. The van der Waals surface area contributed by atoms with Crippen LogP contribution in [0.25, 0.3) is 0 Å². The predicted molar refractivity (Wildman–Crippen MR) is 179 cm³/mol. The molecule has 0 aliphatic heterocycles. The van der Waals surface area contributed by atoms with E-state index in [0.29, 0.717) is 38.6 Å². The number of allylic oxidation sites excluding steroid dienone is 4. The van der Waals surface area contributed by atoms with Crippen molar-refractivity contribution in [2.75, 3.05) is 6.54 Å². The third-order valence-corrected chi connectivity index (χ3v) is 7.77. The highest BCUT2D eigenvalue weighted by molar-refractivity contribution is 5.83. The molecule has 0 aliphatic rings. The Balaban J connectivity index is 4.12. The van der Waals surface area contributed by atoms with Crippen LogP contribution in [0.2, 0.25) is 0 Å². The van der Waals surface area contributed by atoms with Gasteiger partial charge in [-0.05, 0) is 90.0 Å². The third kappa shape index (κ3) is 28.4. The molecule has 0 saturated carbocycles. The lowest BCUT2D eigenvalue weighted by atomic mass is 10.0. The molecule has 2 unspecified atom stereocenters. The van der Waals surface area contributed by atoms with Gasteiger partial charge in [-0.15, -0.1) is 0 Å². The standard InChI is InChI=1S/C36H66N2O5/c1-3-5-7-9-10-11-12-13-14-15-16-17-18-19-24-30-35(40)43-32(26-21-8-6-4-2)27-22-20-23-29-34(39)38-33(36(41)42)28-25-31-37/h10-11,13-14,32-33H,3-9,12,15-31,37H2,1-2H3,(H,38,39)(H,41,42)/b11-10-,14-13-. The second kappa shape index (κ2) is 31.3. The Morgan fingerprint density at radius 3 is 1.84 bits per heavy atom. The number of carboxylic acid groups (broad SMARTS) is 1. The van der Waals surface area contributed by atoms with E-state index in [1.54, 1.807) is 0 Å². The molecule has 0 aliphatic carbocycles. The minimum atomic E-state index is -1.02. The van der Waals surface area contributed by atoms with Gasteiger partial charge in [0.1, 0.15) is 12.1 Å². The van der Waals surface area contributed by atoms with Gasteiger partial charge in [0.15, 0.2) is 0 Å². The highest BCUT2D eigenvalue weighted by Gasteiger charge is 2.19. The smallest absolute Gasteiger partial charge is 0.326 e. The number of amides is 1. The number of esters is 1. The first-order valence-electron chi connectivity index (χ1n) is 17.7. The van der Waals surface area contributed by atoms with Crippen molar-refractivity contribution in [2.45, 2.75) is 180 Å². The number of rotatable bonds is 31. The molecule has 250 valence electrons. The summed E-state index contributed by atoms with van der Waals surface area (Å²) in [5.74, 6) is -1.33. The lowest BCUT2D eigenvalue weighted by Gasteiger charge is -2.18. The molecule has 4 N–H and O–H groups in total. The van der Waals surface area contributed by atoms with Crippen LogP contribution in [0.4, 0.5) is 0 Å². The first-order chi connectivity index (χ1) is 20.9. The molecule has 7 nitrogen and oxygen atoms in total. The molecule has 0 fully saturated rings. The summed E-state index contributed by atoms with van der Waals surface area (Å²) in [6.45, 7) is 4.83. The fourth-order valence-corrected chi connectivity index (χ4v) is 5.07. The Kier molecular flexibility index (Phi) is 29.7. The van der Waals surface area contributed by atoms with Crippen LogP contribution in [0.3, 0.4) is 0 Å². The van der Waals surface area contributed by atoms with Crippen molar-refractivity contribution in [3.63, 3.8) is 0 Å². The van der Waals surface area contributed by atoms with Gasteiger partial charge in [-0.25, -0.2) is 4.79 Å². The third-order valence-electron chi connectivity index (χ3n) is 7.77. The summed E-state index contributed by atoms with van der Waals surface area (Å²) in [4.78, 5) is 36.0. The topological polar surface area (TPSA) is 119 Å². The van der Waals surface area contributed by atoms with Crippen LogP contribution in [0.1, 0.15) is 168 Å². The van der Waals surface area contributed by atoms with Gasteiger partial charge in [0.2, 0.25) is 5.91 Å². The Bertz CT molecular complexity index is 737. The quantitative estimate of drug-likeness (QED) is 0.0412. The van der Waals surface area contributed by atoms with E-state index in [1.165, 1.54) is 51.4 Å². The van der Waals surface area contributed by atoms with Gasteiger partial charge in [-0.3, -0.25) is 9.59 Å². The van der Waals surface area contributed by atoms with Gasteiger partial charge in [-0.2, -0.15) is 0 Å². The Morgan fingerprint density at radius 1 is 0.674 bits per heavy atom. The zero-order valence-corrected chi connectivity index (χ0v) is 27.8. The first-order valence-corrected chi connectivity index (χ1v) is 17.7. The fourth-order valence-electron chi connectivity index (χ4n) is 5.07. The molecule has 2 atom stereocenters. The van der Waals surface area contributed by atoms with Crippen molar-refractivity contribution in [3.05, 3.63) is 24.3 Å². The summed E-state index contributed by atoms with van der Waals surface area (Å²) in [7, 11) is 0. The maximum atomic E-state index is 12.5. The molecule has 0 spiro atoms. The van der Waals surface area contributed by atoms with Crippen molar-refractivity contribution >= 4 is 17.8 Å². The second-order valence-corrected chi connectivity index (χ2v) is 11.9. The molecule has 0 rings (SSSR count). The van der Waals surface area contributed by atoms with Crippen molar-refractivity contribution in [1.29, 1.82) is 0 Å². The number of hydrogen-bond acceptors (Lipinski definition) is 5. The molecular weight excluding hydrogens is 540 g/mol. The van der Waals surface area contributed by atoms with Gasteiger partial charge < -0.3 is 20.9 Å². The SMILES string of the molecule is CCCCC/C=C\C/C=C\CCCCCCCC(=O)OC(CCCCCC)CCCCCC(=O)NC(CCCN)C(=O)O. The van der Waals surface area contributed by atoms with Crippen molar-refractivity contribution < 1.29 is 24.2 Å². The van der Waals surface area contributed by atoms with E-state index in [2.05, 4.69) is 43.5 Å². The average molecular weight is 607 g/mol. The van der Waals surface area contributed by atoms with Crippen molar-refractivity contribution in [2.24, 2.45) is 5.73 Å². The Labute approximate surface area is 263 Å². The van der Waals surface area contributed by atoms with Gasteiger partial charge in [0.25, 0.3) is 0 Å². The largest absolute Gasteiger partial charge is 0.480 e. The molecule has 1 amide bonds. The zero-order chi connectivity index (χ0) is 31.8. The van der Waals surface area contributed by atoms with Crippen LogP contribution in [0, 0.1) is 0 Å². The maximum Gasteiger partial charge on any atom is 0.326 e. The molecule has 43 heavy (non-hydrogen) atoms. The number of ether oxygens (including phenoxy) is 1. The number of unbranched alkanes of at least 4 members (excludes halogenated alkanes) is 13. The molecular formula is C36H66N2O5. The molecule has 0 saturated heterocycles. The summed E-state index contributed by atoms with van der Waals surface area (Å²) in [5.41, 5.74) is 5.46. The number of nitrogens with two attached hydrogens (primary N) is 1. The van der Waals surface area contributed by atoms with E-state index in [1.807, 2.05) is 0 Å². The molecule has 0 heterocycles. The van der Waals surface area contributed by atoms with Crippen molar-refractivity contribution in [3.8, 4) is 0 Å². The normalized spacial score (nSPS) is 13.0. The monoisotopic (exact) mass is 606 g/mol. The van der Waals surface area contributed by atoms with E-state index in [-0.39, 0.29) is 18.0 Å². The van der Waals surface area contributed by atoms with Crippen LogP contribution in [0.15, 0.2) is 24.3 Å². The lowest BCUT2D eigenvalue weighted by molar-refractivity contribution is -0.150. The minimum Gasteiger partial charge on any atom is -0.480 e. The number of aliphatic carboxylic acids is 1. The average Bonchev–Trinajstić information content (AvgIpc) is 2.98. The van der Waals surface area contributed by atoms with Crippen LogP contribution in [0.5, 0.6) is 0 Å². The van der Waals surface area contributed by atoms with Gasteiger partial charge in [0.05, 0.1) is 0 Å². The highest BCUT2D eigenvalue weighted by Crippen LogP contribution is 2.17. The number of hydrogen-bond donors (Lipinski definition) is 3. The zero-order valence-electron chi connectivity index (χ0n) is 27.8. The lowest BCUT2D eigenvalue weighted by Crippen LogP contribution is -2.40. The van der Waals surface area contributed by atoms with Crippen molar-refractivity contribution in [1.82, 2.24) is 5.32 Å². The van der Waals surface area contributed by atoms with Gasteiger partial charge >= 0.3 is 11.9 Å². The maximum absolute atomic E-state index is 12.5. The molecule has 0 aromatic rings. The highest BCUT2D eigenvalue weighted by atomic mass is 16.5. The molecule has 0 aromatic heterocycles. The first kappa shape index (κ1) is 40.9. The summed E-state index contributed by atoms with van der Waals surface area (Å²) in [6, 6.07) is -0.873. The van der Waals surface area contributed by atoms with Crippen LogP contribution in [-0.4, -0.2) is 41.6 Å². The Hall–Kier alpha value is -2.15. The predicted octanol–water partition coefficient (Wildman–Crippen LogP) is 8.94. The summed E-state index contributed by atoms with van der Waals surface area (Å²) in [6.07, 6.45) is 32.3. The molecule has 0 bridgehead atoms. The van der Waals surface area contributed by atoms with Crippen LogP contribution >= 0.6 is 0 Å². The van der Waals surface area contributed by atoms with Gasteiger partial charge in [-0.1, -0.05) is 95.9 Å². The van der Waals surface area contributed by atoms with Crippen LogP contribution in [-0.2, 0) is 19.1 Å². The van der Waals surface area contributed by atoms with E-state index < -0.39 is 12.0 Å². The molecule has 0 aromatic carbocycles. The fraction of sp³-hybridized carbons (Fsp3) is 0.806. The van der Waals surface area contributed by atoms with E-state index in [4.69, 9.17) is 10.5 Å². The number of nitrogens with one attached hydrogen (secondary N) is 1. The Morgan fingerprint density at radius 2 is 1.21 bits per heavy atom. The second-order valence-electron chi connectivity index (χ2n) is 11.9. The van der Waals surface area contributed by atoms with E-state index >= 15 is 0 Å².